The molecule has 4 nitrogen and oxygen atoms in total. The van der Waals surface area contributed by atoms with Crippen molar-refractivity contribution in [3.05, 3.63) is 0 Å². The van der Waals surface area contributed by atoms with Crippen LogP contribution in [0.3, 0.4) is 0 Å². The standard InChI is InChI=1S/C15H27N3O/c1-15(2)10-13(17-8-6-16-7-9-17)11-18(15)14(19)12-4-3-5-12/h12-13,16H,3-11H2,1-2H3. The maximum absolute atomic E-state index is 12.6. The quantitative estimate of drug-likeness (QED) is 0.811. The molecule has 0 aromatic carbocycles. The number of nitrogens with zero attached hydrogens (tertiary/aromatic N) is 2. The summed E-state index contributed by atoms with van der Waals surface area (Å²) in [6, 6.07) is 0.570. The molecule has 2 saturated heterocycles. The highest BCUT2D eigenvalue weighted by Crippen LogP contribution is 2.36. The van der Waals surface area contributed by atoms with E-state index in [9.17, 15) is 4.79 Å². The van der Waals surface area contributed by atoms with Crippen LogP contribution in [0.2, 0.25) is 0 Å². The van der Waals surface area contributed by atoms with Gasteiger partial charge in [0.15, 0.2) is 0 Å². The lowest BCUT2D eigenvalue weighted by Crippen LogP contribution is -2.50. The zero-order chi connectivity index (χ0) is 13.5. The highest BCUT2D eigenvalue weighted by molar-refractivity contribution is 5.80. The normalized spacial score (nSPS) is 32.3. The Labute approximate surface area is 116 Å². The van der Waals surface area contributed by atoms with Crippen molar-refractivity contribution in [3.8, 4) is 0 Å². The average molecular weight is 265 g/mol. The van der Waals surface area contributed by atoms with Gasteiger partial charge in [-0.2, -0.15) is 0 Å². The van der Waals surface area contributed by atoms with E-state index in [4.69, 9.17) is 0 Å². The summed E-state index contributed by atoms with van der Waals surface area (Å²) < 4.78 is 0. The molecule has 2 aliphatic heterocycles. The highest BCUT2D eigenvalue weighted by atomic mass is 16.2. The van der Waals surface area contributed by atoms with Gasteiger partial charge in [0.1, 0.15) is 0 Å². The number of carbonyl (C=O) groups is 1. The summed E-state index contributed by atoms with van der Waals surface area (Å²) >= 11 is 0. The van der Waals surface area contributed by atoms with E-state index in [2.05, 4.69) is 29.0 Å². The number of amides is 1. The van der Waals surface area contributed by atoms with Gasteiger partial charge in [0.05, 0.1) is 0 Å². The minimum atomic E-state index is 0.0439. The molecular formula is C15H27N3O. The Morgan fingerprint density at radius 1 is 1.21 bits per heavy atom. The van der Waals surface area contributed by atoms with Crippen LogP contribution in [0.15, 0.2) is 0 Å². The fourth-order valence-electron chi connectivity index (χ4n) is 3.76. The fraction of sp³-hybridized carbons (Fsp3) is 0.933. The first kappa shape index (κ1) is 13.4. The molecule has 3 aliphatic rings. The molecule has 0 aromatic rings. The first-order chi connectivity index (χ1) is 9.08. The van der Waals surface area contributed by atoms with Crippen molar-refractivity contribution >= 4 is 5.91 Å². The van der Waals surface area contributed by atoms with Crippen LogP contribution in [0.5, 0.6) is 0 Å². The van der Waals surface area contributed by atoms with Gasteiger partial charge < -0.3 is 10.2 Å². The van der Waals surface area contributed by atoms with E-state index < -0.39 is 0 Å². The molecular weight excluding hydrogens is 238 g/mol. The molecule has 1 N–H and O–H groups in total. The van der Waals surface area contributed by atoms with E-state index in [0.29, 0.717) is 17.9 Å². The van der Waals surface area contributed by atoms with Gasteiger partial charge in [0.2, 0.25) is 5.91 Å². The van der Waals surface area contributed by atoms with Crippen molar-refractivity contribution in [2.75, 3.05) is 32.7 Å². The molecule has 3 fully saturated rings. The predicted molar refractivity (Wildman–Crippen MR) is 76.0 cm³/mol. The van der Waals surface area contributed by atoms with Crippen molar-refractivity contribution in [1.29, 1.82) is 0 Å². The summed E-state index contributed by atoms with van der Waals surface area (Å²) in [6.45, 7) is 9.87. The Kier molecular flexibility index (Phi) is 3.56. The van der Waals surface area contributed by atoms with E-state index in [-0.39, 0.29) is 5.54 Å². The summed E-state index contributed by atoms with van der Waals surface area (Å²) in [5, 5.41) is 3.41. The van der Waals surface area contributed by atoms with Gasteiger partial charge in [-0.1, -0.05) is 6.42 Å². The van der Waals surface area contributed by atoms with Gasteiger partial charge in [-0.25, -0.2) is 0 Å². The molecule has 1 atom stereocenters. The zero-order valence-corrected chi connectivity index (χ0v) is 12.3. The van der Waals surface area contributed by atoms with Crippen LogP contribution in [0.1, 0.15) is 39.5 Å². The molecule has 0 spiro atoms. The van der Waals surface area contributed by atoms with Crippen molar-refractivity contribution in [3.63, 3.8) is 0 Å². The summed E-state index contributed by atoms with van der Waals surface area (Å²) in [7, 11) is 0. The number of hydrogen-bond donors (Lipinski definition) is 1. The van der Waals surface area contributed by atoms with Gasteiger partial charge in [-0.3, -0.25) is 9.69 Å². The van der Waals surface area contributed by atoms with Crippen molar-refractivity contribution < 1.29 is 4.79 Å². The van der Waals surface area contributed by atoms with Crippen LogP contribution < -0.4 is 5.32 Å². The van der Waals surface area contributed by atoms with E-state index in [1.54, 1.807) is 0 Å². The Hall–Kier alpha value is -0.610. The monoisotopic (exact) mass is 265 g/mol. The molecule has 1 unspecified atom stereocenters. The van der Waals surface area contributed by atoms with Crippen LogP contribution in [0, 0.1) is 5.92 Å². The van der Waals surface area contributed by atoms with E-state index in [1.807, 2.05) is 0 Å². The smallest absolute Gasteiger partial charge is 0.226 e. The van der Waals surface area contributed by atoms with Crippen LogP contribution in [0.25, 0.3) is 0 Å². The number of hydrogen-bond acceptors (Lipinski definition) is 3. The number of carbonyl (C=O) groups excluding carboxylic acids is 1. The topological polar surface area (TPSA) is 35.6 Å². The second-order valence-electron chi connectivity index (χ2n) is 7.03. The molecule has 2 heterocycles. The van der Waals surface area contributed by atoms with Gasteiger partial charge in [0, 0.05) is 50.2 Å². The lowest BCUT2D eigenvalue weighted by molar-refractivity contribution is -0.141. The first-order valence-corrected chi connectivity index (χ1v) is 7.84. The SMILES string of the molecule is CC1(C)CC(N2CCNCC2)CN1C(=O)C1CCC1. The molecule has 3 rings (SSSR count). The second kappa shape index (κ2) is 5.06. The van der Waals surface area contributed by atoms with Crippen LogP contribution in [0.4, 0.5) is 0 Å². The number of likely N-dealkylation sites (tertiary alicyclic amines) is 1. The molecule has 0 bridgehead atoms. The molecule has 0 radical (unpaired) electrons. The van der Waals surface area contributed by atoms with Crippen LogP contribution >= 0.6 is 0 Å². The molecule has 1 saturated carbocycles. The largest absolute Gasteiger partial charge is 0.336 e. The number of piperazine rings is 1. The minimum absolute atomic E-state index is 0.0439. The molecule has 108 valence electrons. The maximum Gasteiger partial charge on any atom is 0.226 e. The van der Waals surface area contributed by atoms with Gasteiger partial charge in [-0.15, -0.1) is 0 Å². The first-order valence-electron chi connectivity index (χ1n) is 7.84. The summed E-state index contributed by atoms with van der Waals surface area (Å²) in [4.78, 5) is 17.3. The Morgan fingerprint density at radius 2 is 1.89 bits per heavy atom. The maximum atomic E-state index is 12.6. The average Bonchev–Trinajstić information content (AvgIpc) is 2.64. The molecule has 0 aromatic heterocycles. The third kappa shape index (κ3) is 2.52. The summed E-state index contributed by atoms with van der Waals surface area (Å²) in [6.07, 6.45) is 4.60. The number of nitrogens with one attached hydrogen (secondary N) is 1. The number of rotatable bonds is 2. The second-order valence-corrected chi connectivity index (χ2v) is 7.03. The Bertz CT molecular complexity index is 345. The minimum Gasteiger partial charge on any atom is -0.336 e. The van der Waals surface area contributed by atoms with E-state index >= 15 is 0 Å². The van der Waals surface area contributed by atoms with Crippen molar-refractivity contribution in [1.82, 2.24) is 15.1 Å². The zero-order valence-electron chi connectivity index (χ0n) is 12.3. The van der Waals surface area contributed by atoms with Gasteiger partial charge in [0.25, 0.3) is 0 Å². The molecule has 1 amide bonds. The molecule has 1 aliphatic carbocycles. The lowest BCUT2D eigenvalue weighted by Gasteiger charge is -2.37. The molecule has 4 heteroatoms. The summed E-state index contributed by atoms with van der Waals surface area (Å²) in [5.41, 5.74) is 0.0439. The van der Waals surface area contributed by atoms with E-state index in [1.165, 1.54) is 6.42 Å². The Morgan fingerprint density at radius 3 is 2.47 bits per heavy atom. The summed E-state index contributed by atoms with van der Waals surface area (Å²) in [5.74, 6) is 0.759. The third-order valence-corrected chi connectivity index (χ3v) is 5.25. The van der Waals surface area contributed by atoms with Gasteiger partial charge in [-0.05, 0) is 33.1 Å². The lowest BCUT2D eigenvalue weighted by atomic mass is 9.83. The highest BCUT2D eigenvalue weighted by Gasteiger charge is 2.45. The predicted octanol–water partition coefficient (Wildman–Crippen LogP) is 1.07. The van der Waals surface area contributed by atoms with E-state index in [0.717, 1.165) is 52.0 Å². The fourth-order valence-corrected chi connectivity index (χ4v) is 3.76. The van der Waals surface area contributed by atoms with Crippen LogP contribution in [-0.2, 0) is 4.79 Å². The van der Waals surface area contributed by atoms with Crippen LogP contribution in [-0.4, -0.2) is 60.0 Å². The Balaban J connectivity index is 1.66. The molecule has 19 heavy (non-hydrogen) atoms. The van der Waals surface area contributed by atoms with Crippen molar-refractivity contribution in [2.24, 2.45) is 5.92 Å². The third-order valence-electron chi connectivity index (χ3n) is 5.25. The van der Waals surface area contributed by atoms with Gasteiger partial charge >= 0.3 is 0 Å². The van der Waals surface area contributed by atoms with Crippen molar-refractivity contribution in [2.45, 2.75) is 51.1 Å².